The highest BCUT2D eigenvalue weighted by Crippen LogP contribution is 2.18. The van der Waals surface area contributed by atoms with E-state index in [1.165, 1.54) is 18.9 Å². The number of benzene rings is 1. The lowest BCUT2D eigenvalue weighted by molar-refractivity contribution is -0.116. The van der Waals surface area contributed by atoms with Gasteiger partial charge in [-0.25, -0.2) is 4.39 Å². The van der Waals surface area contributed by atoms with Crippen LogP contribution in [0.4, 0.5) is 10.1 Å². The molecular formula is C13H17FN2O. The minimum absolute atomic E-state index is 0.152. The average molecular weight is 236 g/mol. The minimum Gasteiger partial charge on any atom is -0.324 e. The molecular weight excluding hydrogens is 219 g/mol. The lowest BCUT2D eigenvalue weighted by Crippen LogP contribution is -2.23. The van der Waals surface area contributed by atoms with E-state index in [0.717, 1.165) is 5.56 Å². The third-order valence-electron chi connectivity index (χ3n) is 2.76. The van der Waals surface area contributed by atoms with Gasteiger partial charge < -0.3 is 10.6 Å². The number of hydrogen-bond donors (Lipinski definition) is 2. The van der Waals surface area contributed by atoms with Gasteiger partial charge in [0, 0.05) is 19.0 Å². The van der Waals surface area contributed by atoms with E-state index in [0.29, 0.717) is 19.0 Å². The smallest absolute Gasteiger partial charge is 0.225 e. The molecule has 3 nitrogen and oxygen atoms in total. The van der Waals surface area contributed by atoms with Crippen LogP contribution < -0.4 is 10.6 Å². The van der Waals surface area contributed by atoms with Crippen molar-refractivity contribution in [3.8, 4) is 0 Å². The Bertz CT molecular complexity index is 416. The van der Waals surface area contributed by atoms with E-state index in [4.69, 9.17) is 0 Å². The van der Waals surface area contributed by atoms with Gasteiger partial charge in [-0.1, -0.05) is 6.07 Å². The number of nitrogens with one attached hydrogen (secondary N) is 2. The maximum Gasteiger partial charge on any atom is 0.225 e. The van der Waals surface area contributed by atoms with Crippen molar-refractivity contribution in [1.29, 1.82) is 0 Å². The molecule has 0 spiro atoms. The summed E-state index contributed by atoms with van der Waals surface area (Å²) in [5, 5.41) is 5.82. The summed E-state index contributed by atoms with van der Waals surface area (Å²) < 4.78 is 13.4. The van der Waals surface area contributed by atoms with E-state index < -0.39 is 0 Å². The first-order chi connectivity index (χ1) is 8.15. The van der Waals surface area contributed by atoms with Crippen LogP contribution in [0.3, 0.4) is 0 Å². The maximum absolute atomic E-state index is 13.4. The molecule has 1 fully saturated rings. The van der Waals surface area contributed by atoms with Crippen LogP contribution in [0, 0.1) is 12.7 Å². The molecule has 2 N–H and O–H groups in total. The highest BCUT2D eigenvalue weighted by molar-refractivity contribution is 5.90. The highest BCUT2D eigenvalue weighted by Gasteiger charge is 2.20. The van der Waals surface area contributed by atoms with Crippen LogP contribution in [0.15, 0.2) is 18.2 Å². The SMILES string of the molecule is Cc1ccc(NC(=O)CCNC2CC2)c(F)c1. The first-order valence-electron chi connectivity index (χ1n) is 5.94. The summed E-state index contributed by atoms with van der Waals surface area (Å²) in [6.07, 6.45) is 2.78. The molecule has 1 aromatic rings. The van der Waals surface area contributed by atoms with Crippen molar-refractivity contribution in [3.05, 3.63) is 29.6 Å². The lowest BCUT2D eigenvalue weighted by Gasteiger charge is -2.07. The Kier molecular flexibility index (Phi) is 3.74. The Balaban J connectivity index is 1.79. The van der Waals surface area contributed by atoms with Gasteiger partial charge in [-0.15, -0.1) is 0 Å². The molecule has 1 aliphatic rings. The summed E-state index contributed by atoms with van der Waals surface area (Å²) >= 11 is 0. The second kappa shape index (κ2) is 5.27. The molecule has 0 bridgehead atoms. The number of aryl methyl sites for hydroxylation is 1. The normalized spacial score (nSPS) is 14.7. The fourth-order valence-electron chi connectivity index (χ4n) is 1.61. The predicted molar refractivity (Wildman–Crippen MR) is 65.4 cm³/mol. The van der Waals surface area contributed by atoms with Crippen LogP contribution in [0.2, 0.25) is 0 Å². The van der Waals surface area contributed by atoms with Gasteiger partial charge >= 0.3 is 0 Å². The monoisotopic (exact) mass is 236 g/mol. The molecule has 1 aromatic carbocycles. The average Bonchev–Trinajstić information content (AvgIpc) is 3.06. The van der Waals surface area contributed by atoms with Crippen LogP contribution in [-0.4, -0.2) is 18.5 Å². The predicted octanol–water partition coefficient (Wildman–Crippen LogP) is 2.21. The number of rotatable bonds is 5. The van der Waals surface area contributed by atoms with Crippen LogP contribution in [0.25, 0.3) is 0 Å². The Morgan fingerprint density at radius 2 is 2.24 bits per heavy atom. The van der Waals surface area contributed by atoms with E-state index in [9.17, 15) is 9.18 Å². The molecule has 0 unspecified atom stereocenters. The second-order valence-electron chi connectivity index (χ2n) is 4.51. The van der Waals surface area contributed by atoms with Crippen LogP contribution in [-0.2, 0) is 4.79 Å². The molecule has 1 amide bonds. The van der Waals surface area contributed by atoms with Gasteiger partial charge in [0.15, 0.2) is 0 Å². The first kappa shape index (κ1) is 12.0. The molecule has 92 valence electrons. The topological polar surface area (TPSA) is 41.1 Å². The Hall–Kier alpha value is -1.42. The van der Waals surface area contributed by atoms with E-state index >= 15 is 0 Å². The number of halogens is 1. The van der Waals surface area contributed by atoms with Gasteiger partial charge in [-0.05, 0) is 37.5 Å². The molecule has 1 aliphatic carbocycles. The summed E-state index contributed by atoms with van der Waals surface area (Å²) in [4.78, 5) is 11.5. The van der Waals surface area contributed by atoms with Gasteiger partial charge in [0.1, 0.15) is 5.82 Å². The number of carbonyl (C=O) groups is 1. The number of amides is 1. The zero-order chi connectivity index (χ0) is 12.3. The Morgan fingerprint density at radius 3 is 2.88 bits per heavy atom. The second-order valence-corrected chi connectivity index (χ2v) is 4.51. The summed E-state index contributed by atoms with van der Waals surface area (Å²) in [6.45, 7) is 2.47. The van der Waals surface area contributed by atoms with E-state index in [1.807, 2.05) is 6.92 Å². The number of hydrogen-bond acceptors (Lipinski definition) is 2. The minimum atomic E-state index is -0.381. The highest BCUT2D eigenvalue weighted by atomic mass is 19.1. The molecule has 4 heteroatoms. The molecule has 0 aliphatic heterocycles. The van der Waals surface area contributed by atoms with Crippen molar-refractivity contribution >= 4 is 11.6 Å². The lowest BCUT2D eigenvalue weighted by atomic mass is 10.2. The standard InChI is InChI=1S/C13H17FN2O/c1-9-2-5-12(11(14)8-9)16-13(17)6-7-15-10-3-4-10/h2,5,8,10,15H,3-4,6-7H2,1H3,(H,16,17). The molecule has 0 saturated heterocycles. The van der Waals surface area contributed by atoms with Crippen molar-refractivity contribution in [2.45, 2.75) is 32.2 Å². The van der Waals surface area contributed by atoms with Crippen molar-refractivity contribution in [1.82, 2.24) is 5.32 Å². The quantitative estimate of drug-likeness (QED) is 0.823. The van der Waals surface area contributed by atoms with Crippen LogP contribution >= 0.6 is 0 Å². The van der Waals surface area contributed by atoms with Crippen molar-refractivity contribution in [2.75, 3.05) is 11.9 Å². The van der Waals surface area contributed by atoms with E-state index in [2.05, 4.69) is 10.6 Å². The first-order valence-corrected chi connectivity index (χ1v) is 5.94. The van der Waals surface area contributed by atoms with Gasteiger partial charge in [0.05, 0.1) is 5.69 Å². The molecule has 0 atom stereocenters. The van der Waals surface area contributed by atoms with E-state index in [1.54, 1.807) is 12.1 Å². The molecule has 0 aromatic heterocycles. The fraction of sp³-hybridized carbons (Fsp3) is 0.462. The zero-order valence-corrected chi connectivity index (χ0v) is 9.92. The summed E-state index contributed by atoms with van der Waals surface area (Å²) in [5.74, 6) is -0.533. The third-order valence-corrected chi connectivity index (χ3v) is 2.76. The van der Waals surface area contributed by atoms with Gasteiger partial charge in [0.2, 0.25) is 5.91 Å². The van der Waals surface area contributed by atoms with Gasteiger partial charge in [-0.3, -0.25) is 4.79 Å². The summed E-state index contributed by atoms with van der Waals surface area (Å²) in [5.41, 5.74) is 1.10. The van der Waals surface area contributed by atoms with Crippen molar-refractivity contribution in [2.24, 2.45) is 0 Å². The number of anilines is 1. The van der Waals surface area contributed by atoms with Gasteiger partial charge in [-0.2, -0.15) is 0 Å². The van der Waals surface area contributed by atoms with Gasteiger partial charge in [0.25, 0.3) is 0 Å². The third kappa shape index (κ3) is 3.82. The van der Waals surface area contributed by atoms with Crippen molar-refractivity contribution < 1.29 is 9.18 Å². The Morgan fingerprint density at radius 1 is 1.47 bits per heavy atom. The van der Waals surface area contributed by atoms with Crippen molar-refractivity contribution in [3.63, 3.8) is 0 Å². The van der Waals surface area contributed by atoms with Crippen LogP contribution in [0.5, 0.6) is 0 Å². The molecule has 1 saturated carbocycles. The molecule has 0 heterocycles. The largest absolute Gasteiger partial charge is 0.324 e. The Labute approximate surface area is 100 Å². The maximum atomic E-state index is 13.4. The molecule has 2 rings (SSSR count). The molecule has 0 radical (unpaired) electrons. The summed E-state index contributed by atoms with van der Waals surface area (Å²) in [6, 6.07) is 5.38. The molecule has 17 heavy (non-hydrogen) atoms. The fourth-order valence-corrected chi connectivity index (χ4v) is 1.61. The van der Waals surface area contributed by atoms with Crippen LogP contribution in [0.1, 0.15) is 24.8 Å². The van der Waals surface area contributed by atoms with E-state index in [-0.39, 0.29) is 17.4 Å². The number of carbonyl (C=O) groups excluding carboxylic acids is 1. The summed E-state index contributed by atoms with van der Waals surface area (Å²) in [7, 11) is 0. The zero-order valence-electron chi connectivity index (χ0n) is 9.92.